The predicted molar refractivity (Wildman–Crippen MR) is 67.5 cm³/mol. The largest absolute Gasteiger partial charge is 0.418 e. The molecule has 3 rings (SSSR count). The van der Waals surface area contributed by atoms with Gasteiger partial charge in [0.15, 0.2) is 5.79 Å². The van der Waals surface area contributed by atoms with Crippen molar-refractivity contribution in [3.8, 4) is 0 Å². The minimum absolute atomic E-state index is 0.243. The zero-order chi connectivity index (χ0) is 14.2. The van der Waals surface area contributed by atoms with Gasteiger partial charge in [0.1, 0.15) is 0 Å². The van der Waals surface area contributed by atoms with Gasteiger partial charge in [0, 0.05) is 31.6 Å². The van der Waals surface area contributed by atoms with E-state index in [4.69, 9.17) is 9.47 Å². The topological polar surface area (TPSA) is 21.7 Å². The van der Waals surface area contributed by atoms with Crippen molar-refractivity contribution >= 4 is 5.69 Å². The highest BCUT2D eigenvalue weighted by molar-refractivity contribution is 5.55. The second-order valence-electron chi connectivity index (χ2n) is 5.11. The molecular weight excluding hydrogens is 271 g/mol. The first-order valence-corrected chi connectivity index (χ1v) is 6.69. The predicted octanol–water partition coefficient (Wildman–Crippen LogP) is 3.05. The van der Waals surface area contributed by atoms with Crippen LogP contribution in [0, 0.1) is 0 Å². The molecule has 20 heavy (non-hydrogen) atoms. The van der Waals surface area contributed by atoms with Gasteiger partial charge in [0.05, 0.1) is 18.8 Å². The van der Waals surface area contributed by atoms with Crippen LogP contribution in [0.2, 0.25) is 0 Å². The Labute approximate surface area is 115 Å². The maximum absolute atomic E-state index is 13.0. The molecule has 2 fully saturated rings. The van der Waals surface area contributed by atoms with E-state index in [0.717, 1.165) is 6.07 Å². The summed E-state index contributed by atoms with van der Waals surface area (Å²) in [4.78, 5) is 1.76. The zero-order valence-electron chi connectivity index (χ0n) is 10.9. The van der Waals surface area contributed by atoms with Gasteiger partial charge < -0.3 is 14.4 Å². The first-order valence-electron chi connectivity index (χ1n) is 6.69. The van der Waals surface area contributed by atoms with Crippen LogP contribution < -0.4 is 4.90 Å². The number of halogens is 3. The van der Waals surface area contributed by atoms with Gasteiger partial charge in [-0.1, -0.05) is 12.1 Å². The van der Waals surface area contributed by atoms with E-state index >= 15 is 0 Å². The molecule has 2 heterocycles. The second-order valence-corrected chi connectivity index (χ2v) is 5.11. The lowest BCUT2D eigenvalue weighted by atomic mass is 10.0. The van der Waals surface area contributed by atoms with Crippen molar-refractivity contribution in [1.29, 1.82) is 0 Å². The van der Waals surface area contributed by atoms with E-state index in [9.17, 15) is 13.2 Å². The van der Waals surface area contributed by atoms with Gasteiger partial charge in [0.25, 0.3) is 0 Å². The first kappa shape index (κ1) is 13.7. The quantitative estimate of drug-likeness (QED) is 0.792. The summed E-state index contributed by atoms with van der Waals surface area (Å²) >= 11 is 0. The Hall–Kier alpha value is -1.27. The summed E-state index contributed by atoms with van der Waals surface area (Å²) in [7, 11) is 0. The fourth-order valence-corrected chi connectivity index (χ4v) is 2.86. The Balaban J connectivity index is 1.78. The van der Waals surface area contributed by atoms with Crippen molar-refractivity contribution in [1.82, 2.24) is 0 Å². The third-order valence-electron chi connectivity index (χ3n) is 3.89. The van der Waals surface area contributed by atoms with Crippen LogP contribution in [0.4, 0.5) is 18.9 Å². The van der Waals surface area contributed by atoms with Gasteiger partial charge in [-0.2, -0.15) is 13.2 Å². The number of rotatable bonds is 1. The van der Waals surface area contributed by atoms with E-state index in [0.29, 0.717) is 39.1 Å². The van der Waals surface area contributed by atoms with E-state index in [-0.39, 0.29) is 5.69 Å². The molecule has 1 aromatic carbocycles. The number of anilines is 1. The number of nitrogens with zero attached hydrogens (tertiary/aromatic N) is 1. The molecule has 2 aliphatic heterocycles. The van der Waals surface area contributed by atoms with Crippen LogP contribution in [0.15, 0.2) is 24.3 Å². The molecular formula is C14H16F3NO2. The van der Waals surface area contributed by atoms with Crippen LogP contribution in [0.1, 0.15) is 18.4 Å². The van der Waals surface area contributed by atoms with E-state index in [1.165, 1.54) is 12.1 Å². The van der Waals surface area contributed by atoms with Crippen LogP contribution in [0.5, 0.6) is 0 Å². The Morgan fingerprint density at radius 2 is 1.60 bits per heavy atom. The molecule has 0 unspecified atom stereocenters. The molecule has 0 atom stereocenters. The normalized spacial score (nSPS) is 22.4. The van der Waals surface area contributed by atoms with Crippen molar-refractivity contribution in [2.24, 2.45) is 0 Å². The molecule has 0 amide bonds. The maximum atomic E-state index is 13.0. The average molecular weight is 287 g/mol. The molecule has 0 N–H and O–H groups in total. The van der Waals surface area contributed by atoms with Gasteiger partial charge in [-0.15, -0.1) is 0 Å². The summed E-state index contributed by atoms with van der Waals surface area (Å²) in [5, 5.41) is 0. The minimum Gasteiger partial charge on any atom is -0.371 e. The molecule has 1 aromatic rings. The monoisotopic (exact) mass is 287 g/mol. The average Bonchev–Trinajstić information content (AvgIpc) is 2.87. The standard InChI is InChI=1S/C14H16F3NO2/c15-14(16,17)11-3-1-2-4-12(11)18-7-5-13(6-8-18)19-9-10-20-13/h1-4H,5-10H2. The van der Waals surface area contributed by atoms with Crippen molar-refractivity contribution < 1.29 is 22.6 Å². The number of alkyl halides is 3. The second kappa shape index (κ2) is 4.93. The van der Waals surface area contributed by atoms with Crippen molar-refractivity contribution in [3.05, 3.63) is 29.8 Å². The number of piperidine rings is 1. The Bertz CT molecular complexity index is 474. The van der Waals surface area contributed by atoms with Crippen molar-refractivity contribution in [3.63, 3.8) is 0 Å². The molecule has 0 saturated carbocycles. The molecule has 1 spiro atoms. The Morgan fingerprint density at radius 1 is 1.00 bits per heavy atom. The minimum atomic E-state index is -4.33. The van der Waals surface area contributed by atoms with Crippen LogP contribution >= 0.6 is 0 Å². The number of para-hydroxylation sites is 1. The van der Waals surface area contributed by atoms with Crippen molar-refractivity contribution in [2.75, 3.05) is 31.2 Å². The first-order chi connectivity index (χ1) is 9.50. The Morgan fingerprint density at radius 3 is 2.20 bits per heavy atom. The lowest BCUT2D eigenvalue weighted by Crippen LogP contribution is -2.45. The third kappa shape index (κ3) is 2.50. The van der Waals surface area contributed by atoms with Gasteiger partial charge in [-0.3, -0.25) is 0 Å². The van der Waals surface area contributed by atoms with Crippen LogP contribution in [0.3, 0.4) is 0 Å². The fraction of sp³-hybridized carbons (Fsp3) is 0.571. The molecule has 2 saturated heterocycles. The molecule has 6 heteroatoms. The number of hydrogen-bond donors (Lipinski definition) is 0. The lowest BCUT2D eigenvalue weighted by Gasteiger charge is -2.39. The van der Waals surface area contributed by atoms with E-state index in [1.807, 2.05) is 0 Å². The molecule has 0 bridgehead atoms. The van der Waals surface area contributed by atoms with Crippen molar-refractivity contribution in [2.45, 2.75) is 24.8 Å². The van der Waals surface area contributed by atoms with E-state index < -0.39 is 17.5 Å². The molecule has 2 aliphatic rings. The Kier molecular flexibility index (Phi) is 3.38. The number of benzene rings is 1. The van der Waals surface area contributed by atoms with Gasteiger partial charge >= 0.3 is 6.18 Å². The summed E-state index contributed by atoms with van der Waals surface area (Å²) in [5.74, 6) is -0.566. The van der Waals surface area contributed by atoms with Gasteiger partial charge in [0.2, 0.25) is 0 Å². The summed E-state index contributed by atoms with van der Waals surface area (Å²) in [6, 6.07) is 5.71. The molecule has 0 aliphatic carbocycles. The van der Waals surface area contributed by atoms with Gasteiger partial charge in [-0.05, 0) is 12.1 Å². The van der Waals surface area contributed by atoms with Crippen LogP contribution in [-0.4, -0.2) is 32.1 Å². The summed E-state index contributed by atoms with van der Waals surface area (Å²) < 4.78 is 50.2. The number of hydrogen-bond acceptors (Lipinski definition) is 3. The lowest BCUT2D eigenvalue weighted by molar-refractivity contribution is -0.169. The van der Waals surface area contributed by atoms with Gasteiger partial charge in [-0.25, -0.2) is 0 Å². The maximum Gasteiger partial charge on any atom is 0.418 e. The smallest absolute Gasteiger partial charge is 0.371 e. The third-order valence-corrected chi connectivity index (χ3v) is 3.89. The van der Waals surface area contributed by atoms with E-state index in [1.54, 1.807) is 11.0 Å². The number of ether oxygens (including phenoxy) is 2. The summed E-state index contributed by atoms with van der Waals surface area (Å²) in [6.45, 7) is 2.15. The molecule has 110 valence electrons. The molecule has 3 nitrogen and oxygen atoms in total. The SMILES string of the molecule is FC(F)(F)c1ccccc1N1CCC2(CC1)OCCO2. The summed E-state index contributed by atoms with van der Waals surface area (Å²) in [5.41, 5.74) is -0.336. The molecule has 0 aromatic heterocycles. The summed E-state index contributed by atoms with van der Waals surface area (Å²) in [6.07, 6.45) is -3.13. The van der Waals surface area contributed by atoms with Crippen LogP contribution in [0.25, 0.3) is 0 Å². The highest BCUT2D eigenvalue weighted by Gasteiger charge is 2.41. The fourth-order valence-electron chi connectivity index (χ4n) is 2.86. The highest BCUT2D eigenvalue weighted by atomic mass is 19.4. The zero-order valence-corrected chi connectivity index (χ0v) is 10.9. The highest BCUT2D eigenvalue weighted by Crippen LogP contribution is 2.39. The van der Waals surface area contributed by atoms with Crippen LogP contribution in [-0.2, 0) is 15.7 Å². The van der Waals surface area contributed by atoms with E-state index in [2.05, 4.69) is 0 Å². The molecule has 0 radical (unpaired) electrons.